The van der Waals surface area contributed by atoms with E-state index in [1.54, 1.807) is 0 Å². The summed E-state index contributed by atoms with van der Waals surface area (Å²) in [5.41, 5.74) is 12.8. The van der Waals surface area contributed by atoms with Gasteiger partial charge in [0, 0.05) is 17.8 Å². The fourth-order valence-electron chi connectivity index (χ4n) is 0.911. The van der Waals surface area contributed by atoms with Gasteiger partial charge in [-0.2, -0.15) is 0 Å². The van der Waals surface area contributed by atoms with Gasteiger partial charge in [0.1, 0.15) is 5.84 Å². The lowest BCUT2D eigenvalue weighted by Gasteiger charge is -1.97. The van der Waals surface area contributed by atoms with Crippen LogP contribution in [0.3, 0.4) is 0 Å². The number of nitrogens with zero attached hydrogens (tertiary/aromatic N) is 1. The number of allylic oxidation sites excluding steroid dienone is 1. The van der Waals surface area contributed by atoms with Crippen molar-refractivity contribution in [3.8, 4) is 0 Å². The molecule has 50 valence electrons. The molecule has 1 aliphatic rings. The van der Waals surface area contributed by atoms with Crippen LogP contribution >= 0.6 is 0 Å². The number of aliphatic imine (C=N–C) groups is 1. The maximum atomic E-state index is 5.51. The van der Waals surface area contributed by atoms with Crippen LogP contribution in [0.15, 0.2) is 16.3 Å². The van der Waals surface area contributed by atoms with Crippen molar-refractivity contribution in [2.75, 3.05) is 6.54 Å². The van der Waals surface area contributed by atoms with Gasteiger partial charge >= 0.3 is 0 Å². The SMILES string of the molecule is C/C(N)=C1\CCN=C1N. The molecular weight excluding hydrogens is 114 g/mol. The summed E-state index contributed by atoms with van der Waals surface area (Å²) in [5, 5.41) is 0. The van der Waals surface area contributed by atoms with Crippen molar-refractivity contribution >= 4 is 5.84 Å². The molecule has 1 rings (SSSR count). The minimum absolute atomic E-state index is 0.620. The fraction of sp³-hybridized carbons (Fsp3) is 0.500. The molecule has 0 saturated carbocycles. The van der Waals surface area contributed by atoms with E-state index in [0.29, 0.717) is 5.84 Å². The number of hydrogen-bond donors (Lipinski definition) is 2. The Hall–Kier alpha value is -0.990. The van der Waals surface area contributed by atoms with E-state index in [1.807, 2.05) is 6.92 Å². The number of rotatable bonds is 0. The lowest BCUT2D eigenvalue weighted by atomic mass is 10.2. The quantitative estimate of drug-likeness (QED) is 0.478. The number of hydrogen-bond acceptors (Lipinski definition) is 3. The van der Waals surface area contributed by atoms with Gasteiger partial charge in [-0.3, -0.25) is 4.99 Å². The zero-order chi connectivity index (χ0) is 6.85. The molecule has 0 aromatic heterocycles. The Kier molecular flexibility index (Phi) is 1.42. The number of amidine groups is 1. The van der Waals surface area contributed by atoms with Gasteiger partial charge < -0.3 is 11.5 Å². The summed E-state index contributed by atoms with van der Waals surface area (Å²) in [6, 6.07) is 0. The summed E-state index contributed by atoms with van der Waals surface area (Å²) in [5.74, 6) is 0.620. The topological polar surface area (TPSA) is 64.4 Å². The van der Waals surface area contributed by atoms with Gasteiger partial charge in [-0.1, -0.05) is 0 Å². The van der Waals surface area contributed by atoms with Crippen molar-refractivity contribution in [1.29, 1.82) is 0 Å². The first-order valence-electron chi connectivity index (χ1n) is 2.97. The largest absolute Gasteiger partial charge is 0.402 e. The second kappa shape index (κ2) is 2.09. The molecule has 0 aliphatic carbocycles. The zero-order valence-corrected chi connectivity index (χ0v) is 5.52. The van der Waals surface area contributed by atoms with Crippen molar-refractivity contribution in [1.82, 2.24) is 0 Å². The number of nitrogens with two attached hydrogens (primary N) is 2. The lowest BCUT2D eigenvalue weighted by molar-refractivity contribution is 1.02. The second-order valence-corrected chi connectivity index (χ2v) is 2.18. The molecule has 0 aromatic carbocycles. The van der Waals surface area contributed by atoms with Gasteiger partial charge in [-0.15, -0.1) is 0 Å². The third-order valence-electron chi connectivity index (χ3n) is 1.43. The molecule has 0 radical (unpaired) electrons. The van der Waals surface area contributed by atoms with E-state index in [-0.39, 0.29) is 0 Å². The maximum absolute atomic E-state index is 5.51. The van der Waals surface area contributed by atoms with Gasteiger partial charge in [0.25, 0.3) is 0 Å². The van der Waals surface area contributed by atoms with Crippen LogP contribution in [0.4, 0.5) is 0 Å². The molecular formula is C6H11N3. The highest BCUT2D eigenvalue weighted by atomic mass is 14.9. The molecule has 0 atom stereocenters. The first kappa shape index (κ1) is 6.13. The van der Waals surface area contributed by atoms with E-state index < -0.39 is 0 Å². The second-order valence-electron chi connectivity index (χ2n) is 2.18. The molecule has 0 spiro atoms. The van der Waals surface area contributed by atoms with E-state index in [1.165, 1.54) is 0 Å². The summed E-state index contributed by atoms with van der Waals surface area (Å²) in [4.78, 5) is 4.00. The highest BCUT2D eigenvalue weighted by Gasteiger charge is 2.10. The van der Waals surface area contributed by atoms with Crippen molar-refractivity contribution in [2.45, 2.75) is 13.3 Å². The highest BCUT2D eigenvalue weighted by molar-refractivity contribution is 5.99. The minimum atomic E-state index is 0.620. The van der Waals surface area contributed by atoms with Crippen LogP contribution in [0.2, 0.25) is 0 Å². The maximum Gasteiger partial charge on any atom is 0.123 e. The lowest BCUT2D eigenvalue weighted by Crippen LogP contribution is -2.14. The van der Waals surface area contributed by atoms with Gasteiger partial charge in [-0.05, 0) is 13.3 Å². The third-order valence-corrected chi connectivity index (χ3v) is 1.43. The summed E-state index contributed by atoms with van der Waals surface area (Å²) >= 11 is 0. The van der Waals surface area contributed by atoms with Crippen molar-refractivity contribution in [3.63, 3.8) is 0 Å². The van der Waals surface area contributed by atoms with Gasteiger partial charge in [0.05, 0.1) is 0 Å². The summed E-state index contributed by atoms with van der Waals surface area (Å²) in [6.45, 7) is 2.65. The Morgan fingerprint density at radius 2 is 2.33 bits per heavy atom. The molecule has 0 amide bonds. The molecule has 0 aromatic rings. The Morgan fingerprint density at radius 3 is 2.56 bits per heavy atom. The Balaban J connectivity index is 2.87. The van der Waals surface area contributed by atoms with E-state index in [0.717, 1.165) is 24.2 Å². The molecule has 1 aliphatic heterocycles. The summed E-state index contributed by atoms with van der Waals surface area (Å²) < 4.78 is 0. The molecule has 0 unspecified atom stereocenters. The molecule has 0 fully saturated rings. The zero-order valence-electron chi connectivity index (χ0n) is 5.52. The average molecular weight is 125 g/mol. The van der Waals surface area contributed by atoms with Gasteiger partial charge in [0.15, 0.2) is 0 Å². The van der Waals surface area contributed by atoms with Crippen LogP contribution in [0.25, 0.3) is 0 Å². The first-order valence-corrected chi connectivity index (χ1v) is 2.97. The summed E-state index contributed by atoms with van der Waals surface area (Å²) in [7, 11) is 0. The average Bonchev–Trinajstić information content (AvgIpc) is 2.13. The first-order chi connectivity index (χ1) is 4.22. The molecule has 9 heavy (non-hydrogen) atoms. The standard InChI is InChI=1S/C6H11N3/c1-4(7)5-2-3-9-6(5)8/h2-3,7H2,1H3,(H2,8,9)/b5-4-. The van der Waals surface area contributed by atoms with Crippen LogP contribution in [-0.4, -0.2) is 12.4 Å². The van der Waals surface area contributed by atoms with E-state index in [4.69, 9.17) is 11.5 Å². The van der Waals surface area contributed by atoms with Crippen LogP contribution in [0.1, 0.15) is 13.3 Å². The third kappa shape index (κ3) is 1.04. The smallest absolute Gasteiger partial charge is 0.123 e. The minimum Gasteiger partial charge on any atom is -0.402 e. The van der Waals surface area contributed by atoms with E-state index in [9.17, 15) is 0 Å². The van der Waals surface area contributed by atoms with Crippen molar-refractivity contribution in [3.05, 3.63) is 11.3 Å². The van der Waals surface area contributed by atoms with Crippen LogP contribution < -0.4 is 11.5 Å². The molecule has 4 N–H and O–H groups in total. The molecule has 3 heteroatoms. The van der Waals surface area contributed by atoms with Crippen molar-refractivity contribution < 1.29 is 0 Å². The predicted octanol–water partition coefficient (Wildman–Crippen LogP) is -0.0200. The Bertz CT molecular complexity index is 168. The molecule has 0 bridgehead atoms. The van der Waals surface area contributed by atoms with E-state index in [2.05, 4.69) is 4.99 Å². The molecule has 3 nitrogen and oxygen atoms in total. The van der Waals surface area contributed by atoms with Crippen LogP contribution in [0, 0.1) is 0 Å². The van der Waals surface area contributed by atoms with Gasteiger partial charge in [0.2, 0.25) is 0 Å². The fourth-order valence-corrected chi connectivity index (χ4v) is 0.911. The van der Waals surface area contributed by atoms with Crippen LogP contribution in [-0.2, 0) is 0 Å². The Labute approximate surface area is 54.4 Å². The Morgan fingerprint density at radius 1 is 1.67 bits per heavy atom. The van der Waals surface area contributed by atoms with Gasteiger partial charge in [-0.25, -0.2) is 0 Å². The van der Waals surface area contributed by atoms with E-state index >= 15 is 0 Å². The predicted molar refractivity (Wildman–Crippen MR) is 38.0 cm³/mol. The molecule has 0 saturated heterocycles. The molecule has 1 heterocycles. The highest BCUT2D eigenvalue weighted by Crippen LogP contribution is 2.10. The van der Waals surface area contributed by atoms with Crippen LogP contribution in [0.5, 0.6) is 0 Å². The normalized spacial score (nSPS) is 23.9. The summed E-state index contributed by atoms with van der Waals surface area (Å²) in [6.07, 6.45) is 0.911. The van der Waals surface area contributed by atoms with Crippen molar-refractivity contribution in [2.24, 2.45) is 16.5 Å². The monoisotopic (exact) mass is 125 g/mol.